The molecule has 0 atom stereocenters. The molecule has 7 heteroatoms. The molecule has 0 aromatic heterocycles. The summed E-state index contributed by atoms with van der Waals surface area (Å²) < 4.78 is 27.2. The topological polar surface area (TPSA) is 72.2 Å². The van der Waals surface area contributed by atoms with E-state index in [-0.39, 0.29) is 20.6 Å². The molecule has 0 radical (unpaired) electrons. The Labute approximate surface area is 133 Å². The van der Waals surface area contributed by atoms with Gasteiger partial charge in [0.1, 0.15) is 0 Å². The van der Waals surface area contributed by atoms with Crippen LogP contribution in [0.2, 0.25) is 10.0 Å². The van der Waals surface area contributed by atoms with E-state index in [0.29, 0.717) is 5.69 Å². The second-order valence-electron chi connectivity index (χ2n) is 4.68. The second-order valence-corrected chi connectivity index (χ2v) is 7.14. The van der Waals surface area contributed by atoms with E-state index < -0.39 is 10.0 Å². The molecule has 2 aromatic carbocycles. The van der Waals surface area contributed by atoms with Crippen LogP contribution >= 0.6 is 23.2 Å². The summed E-state index contributed by atoms with van der Waals surface area (Å²) in [4.78, 5) is 0.0549. The fraction of sp³-hybridized carbons (Fsp3) is 0.143. The smallest absolute Gasteiger partial charge is 0.262 e. The maximum atomic E-state index is 12.4. The lowest BCUT2D eigenvalue weighted by Crippen LogP contribution is -2.14. The van der Waals surface area contributed by atoms with Crippen molar-refractivity contribution in [3.05, 3.63) is 51.5 Å². The van der Waals surface area contributed by atoms with Crippen LogP contribution in [-0.4, -0.2) is 8.42 Å². The van der Waals surface area contributed by atoms with Gasteiger partial charge in [-0.05, 0) is 43.2 Å². The van der Waals surface area contributed by atoms with Crippen molar-refractivity contribution < 1.29 is 8.42 Å². The van der Waals surface area contributed by atoms with E-state index in [1.54, 1.807) is 32.0 Å². The third-order valence-corrected chi connectivity index (χ3v) is 5.23. The normalized spacial score (nSPS) is 11.4. The standard InChI is InChI=1S/C14H14Cl2N2O2S/c1-8-3-5-10(7-12(8)17)21(19,20)18-14-11(15)6-4-9(2)13(14)16/h3-7,18H,17H2,1-2H3. The Balaban J connectivity index is 2.47. The summed E-state index contributed by atoms with van der Waals surface area (Å²) in [6.45, 7) is 3.56. The maximum Gasteiger partial charge on any atom is 0.262 e. The number of hydrogen-bond donors (Lipinski definition) is 2. The molecule has 2 aromatic rings. The zero-order chi connectivity index (χ0) is 15.8. The first-order valence-electron chi connectivity index (χ1n) is 6.06. The number of nitrogens with two attached hydrogens (primary N) is 1. The van der Waals surface area contributed by atoms with Gasteiger partial charge in [0.15, 0.2) is 0 Å². The van der Waals surface area contributed by atoms with Crippen LogP contribution < -0.4 is 10.5 Å². The molecule has 0 bridgehead atoms. The molecular formula is C14H14Cl2N2O2S. The van der Waals surface area contributed by atoms with E-state index in [1.165, 1.54) is 12.1 Å². The van der Waals surface area contributed by atoms with E-state index in [0.717, 1.165) is 11.1 Å². The van der Waals surface area contributed by atoms with Crippen molar-refractivity contribution in [1.29, 1.82) is 0 Å². The van der Waals surface area contributed by atoms with Crippen molar-refractivity contribution in [1.82, 2.24) is 0 Å². The Morgan fingerprint density at radius 1 is 1.05 bits per heavy atom. The molecule has 0 aliphatic carbocycles. The molecule has 0 fully saturated rings. The van der Waals surface area contributed by atoms with Crippen molar-refractivity contribution in [2.24, 2.45) is 0 Å². The number of nitrogens with one attached hydrogen (secondary N) is 1. The second kappa shape index (κ2) is 5.75. The van der Waals surface area contributed by atoms with Gasteiger partial charge in [0.2, 0.25) is 0 Å². The van der Waals surface area contributed by atoms with Crippen LogP contribution in [0.5, 0.6) is 0 Å². The lowest BCUT2D eigenvalue weighted by molar-refractivity contribution is 0.601. The lowest BCUT2D eigenvalue weighted by Gasteiger charge is -2.13. The van der Waals surface area contributed by atoms with Crippen molar-refractivity contribution in [2.75, 3.05) is 10.5 Å². The average Bonchev–Trinajstić information content (AvgIpc) is 2.42. The third kappa shape index (κ3) is 3.26. The van der Waals surface area contributed by atoms with Crippen LogP contribution in [0.1, 0.15) is 11.1 Å². The molecule has 0 aliphatic rings. The minimum Gasteiger partial charge on any atom is -0.398 e. The molecule has 0 saturated carbocycles. The molecular weight excluding hydrogens is 331 g/mol. The van der Waals surface area contributed by atoms with Gasteiger partial charge in [-0.2, -0.15) is 0 Å². The molecule has 0 aliphatic heterocycles. The highest BCUT2D eigenvalue weighted by Crippen LogP contribution is 2.34. The zero-order valence-corrected chi connectivity index (χ0v) is 13.8. The number of benzene rings is 2. The van der Waals surface area contributed by atoms with Crippen LogP contribution in [0, 0.1) is 13.8 Å². The van der Waals surface area contributed by atoms with Crippen LogP contribution in [0.25, 0.3) is 0 Å². The fourth-order valence-corrected chi connectivity index (χ4v) is 3.43. The minimum absolute atomic E-state index is 0.0549. The van der Waals surface area contributed by atoms with Gasteiger partial charge in [0.25, 0.3) is 10.0 Å². The van der Waals surface area contributed by atoms with Crippen LogP contribution in [-0.2, 0) is 10.0 Å². The number of halogens is 2. The monoisotopic (exact) mass is 344 g/mol. The SMILES string of the molecule is Cc1ccc(S(=O)(=O)Nc2c(Cl)ccc(C)c2Cl)cc1N. The van der Waals surface area contributed by atoms with Gasteiger partial charge in [-0.1, -0.05) is 35.3 Å². The van der Waals surface area contributed by atoms with Crippen molar-refractivity contribution >= 4 is 44.6 Å². The van der Waals surface area contributed by atoms with Crippen LogP contribution in [0.4, 0.5) is 11.4 Å². The number of sulfonamides is 1. The number of rotatable bonds is 3. The van der Waals surface area contributed by atoms with E-state index in [2.05, 4.69) is 4.72 Å². The molecule has 0 spiro atoms. The first-order chi connectivity index (χ1) is 9.72. The fourth-order valence-electron chi connectivity index (χ4n) is 1.73. The first-order valence-corrected chi connectivity index (χ1v) is 8.30. The quantitative estimate of drug-likeness (QED) is 0.826. The van der Waals surface area contributed by atoms with Crippen LogP contribution in [0.3, 0.4) is 0 Å². The Morgan fingerprint density at radius 3 is 2.29 bits per heavy atom. The van der Waals surface area contributed by atoms with Gasteiger partial charge in [0, 0.05) is 5.69 Å². The summed E-state index contributed by atoms with van der Waals surface area (Å²) in [5, 5.41) is 0.500. The highest BCUT2D eigenvalue weighted by Gasteiger charge is 2.19. The number of anilines is 2. The first kappa shape index (κ1) is 15.9. The van der Waals surface area contributed by atoms with E-state index >= 15 is 0 Å². The van der Waals surface area contributed by atoms with Crippen molar-refractivity contribution in [3.63, 3.8) is 0 Å². The molecule has 0 saturated heterocycles. The lowest BCUT2D eigenvalue weighted by atomic mass is 10.2. The number of aryl methyl sites for hydroxylation is 2. The van der Waals surface area contributed by atoms with Crippen LogP contribution in [0.15, 0.2) is 35.2 Å². The van der Waals surface area contributed by atoms with Gasteiger partial charge in [-0.3, -0.25) is 4.72 Å². The van der Waals surface area contributed by atoms with E-state index in [4.69, 9.17) is 28.9 Å². The van der Waals surface area contributed by atoms with Crippen molar-refractivity contribution in [2.45, 2.75) is 18.7 Å². The summed E-state index contributed by atoms with van der Waals surface area (Å²) in [5.74, 6) is 0. The number of hydrogen-bond acceptors (Lipinski definition) is 3. The van der Waals surface area contributed by atoms with Gasteiger partial charge in [-0.15, -0.1) is 0 Å². The van der Waals surface area contributed by atoms with Gasteiger partial charge in [0.05, 0.1) is 20.6 Å². The average molecular weight is 345 g/mol. The Hall–Kier alpha value is -1.43. The molecule has 21 heavy (non-hydrogen) atoms. The summed E-state index contributed by atoms with van der Waals surface area (Å²) in [7, 11) is -3.81. The summed E-state index contributed by atoms with van der Waals surface area (Å²) in [6.07, 6.45) is 0. The predicted octanol–water partition coefficient (Wildman–Crippen LogP) is 3.99. The Bertz CT molecular complexity index is 805. The van der Waals surface area contributed by atoms with Gasteiger partial charge >= 0.3 is 0 Å². The molecule has 3 N–H and O–H groups in total. The zero-order valence-electron chi connectivity index (χ0n) is 11.4. The van der Waals surface area contributed by atoms with E-state index in [9.17, 15) is 8.42 Å². The Morgan fingerprint density at radius 2 is 1.67 bits per heavy atom. The molecule has 112 valence electrons. The maximum absolute atomic E-state index is 12.4. The van der Waals surface area contributed by atoms with E-state index in [1.807, 2.05) is 0 Å². The largest absolute Gasteiger partial charge is 0.398 e. The number of nitrogen functional groups attached to an aromatic ring is 1. The minimum atomic E-state index is -3.81. The molecule has 0 amide bonds. The molecule has 4 nitrogen and oxygen atoms in total. The molecule has 0 heterocycles. The molecule has 2 rings (SSSR count). The van der Waals surface area contributed by atoms with Gasteiger partial charge in [-0.25, -0.2) is 8.42 Å². The third-order valence-electron chi connectivity index (χ3n) is 3.08. The highest BCUT2D eigenvalue weighted by molar-refractivity contribution is 7.92. The molecule has 0 unspecified atom stereocenters. The summed E-state index contributed by atoms with van der Waals surface area (Å²) in [6, 6.07) is 7.82. The summed E-state index contributed by atoms with van der Waals surface area (Å²) in [5.41, 5.74) is 7.85. The van der Waals surface area contributed by atoms with Gasteiger partial charge < -0.3 is 5.73 Å². The highest BCUT2D eigenvalue weighted by atomic mass is 35.5. The summed E-state index contributed by atoms with van der Waals surface area (Å²) >= 11 is 12.1. The van der Waals surface area contributed by atoms with Crippen molar-refractivity contribution in [3.8, 4) is 0 Å². The Kier molecular flexibility index (Phi) is 4.37. The predicted molar refractivity (Wildman–Crippen MR) is 87.6 cm³/mol.